The van der Waals surface area contributed by atoms with Crippen LogP contribution in [0.25, 0.3) is 0 Å². The highest BCUT2D eigenvalue weighted by Gasteiger charge is 2.22. The van der Waals surface area contributed by atoms with Crippen LogP contribution in [0.15, 0.2) is 12.7 Å². The number of nitrogens with one attached hydrogen (secondary N) is 1. The standard InChI is InChI=1S/C14H25NO4/c1-5-8-18-9-7-11(3)10-13(15-12(4)16)14(17)19-6-2/h5,11,13H,1,6-10H2,2-4H3,(H,15,16)/t11?,13-/m0/s1. The number of hydrogen-bond donors (Lipinski definition) is 1. The van der Waals surface area contributed by atoms with Crippen molar-refractivity contribution in [2.45, 2.75) is 39.7 Å². The van der Waals surface area contributed by atoms with Crippen molar-refractivity contribution in [3.63, 3.8) is 0 Å². The van der Waals surface area contributed by atoms with Crippen LogP contribution in [0, 0.1) is 5.92 Å². The van der Waals surface area contributed by atoms with Gasteiger partial charge in [0.05, 0.1) is 13.2 Å². The van der Waals surface area contributed by atoms with Gasteiger partial charge in [0.1, 0.15) is 6.04 Å². The van der Waals surface area contributed by atoms with Crippen molar-refractivity contribution in [3.8, 4) is 0 Å². The summed E-state index contributed by atoms with van der Waals surface area (Å²) in [5, 5.41) is 2.63. The van der Waals surface area contributed by atoms with Gasteiger partial charge in [-0.3, -0.25) is 4.79 Å². The fraction of sp³-hybridized carbons (Fsp3) is 0.714. The third kappa shape index (κ3) is 9.25. The number of carbonyl (C=O) groups excluding carboxylic acids is 2. The molecule has 0 aromatic heterocycles. The van der Waals surface area contributed by atoms with Gasteiger partial charge in [-0.2, -0.15) is 0 Å². The smallest absolute Gasteiger partial charge is 0.328 e. The van der Waals surface area contributed by atoms with E-state index < -0.39 is 6.04 Å². The first-order chi connectivity index (χ1) is 9.01. The lowest BCUT2D eigenvalue weighted by molar-refractivity contribution is -0.147. The topological polar surface area (TPSA) is 64.6 Å². The van der Waals surface area contributed by atoms with Crippen molar-refractivity contribution in [1.82, 2.24) is 5.32 Å². The molecule has 5 nitrogen and oxygen atoms in total. The molecule has 2 atom stereocenters. The number of ether oxygens (including phenoxy) is 2. The molecule has 0 aliphatic carbocycles. The van der Waals surface area contributed by atoms with Crippen molar-refractivity contribution in [1.29, 1.82) is 0 Å². The first-order valence-corrected chi connectivity index (χ1v) is 6.63. The lowest BCUT2D eigenvalue weighted by Crippen LogP contribution is -2.42. The highest BCUT2D eigenvalue weighted by molar-refractivity contribution is 5.83. The van der Waals surface area contributed by atoms with Crippen molar-refractivity contribution in [2.75, 3.05) is 19.8 Å². The van der Waals surface area contributed by atoms with Gasteiger partial charge in [0.2, 0.25) is 5.91 Å². The Morgan fingerprint density at radius 1 is 1.42 bits per heavy atom. The zero-order valence-corrected chi connectivity index (χ0v) is 12.1. The Morgan fingerprint density at radius 2 is 2.11 bits per heavy atom. The summed E-state index contributed by atoms with van der Waals surface area (Å²) in [7, 11) is 0. The molecule has 0 bridgehead atoms. The molecule has 0 aliphatic heterocycles. The minimum Gasteiger partial charge on any atom is -0.464 e. The highest BCUT2D eigenvalue weighted by atomic mass is 16.5. The van der Waals surface area contributed by atoms with Crippen LogP contribution in [0.4, 0.5) is 0 Å². The van der Waals surface area contributed by atoms with Crippen molar-refractivity contribution in [3.05, 3.63) is 12.7 Å². The molecule has 0 aromatic rings. The van der Waals surface area contributed by atoms with E-state index in [1.165, 1.54) is 6.92 Å². The minimum atomic E-state index is -0.577. The van der Waals surface area contributed by atoms with E-state index in [9.17, 15) is 9.59 Å². The third-order valence-corrected chi connectivity index (χ3v) is 2.58. The Hall–Kier alpha value is -1.36. The number of rotatable bonds is 10. The summed E-state index contributed by atoms with van der Waals surface area (Å²) in [6.45, 7) is 10.2. The number of hydrogen-bond acceptors (Lipinski definition) is 4. The maximum absolute atomic E-state index is 11.7. The molecule has 1 unspecified atom stereocenters. The van der Waals surface area contributed by atoms with Gasteiger partial charge in [-0.05, 0) is 25.7 Å². The zero-order valence-electron chi connectivity index (χ0n) is 12.1. The molecule has 0 saturated carbocycles. The van der Waals surface area contributed by atoms with E-state index in [0.29, 0.717) is 26.2 Å². The highest BCUT2D eigenvalue weighted by Crippen LogP contribution is 2.12. The number of amides is 1. The van der Waals surface area contributed by atoms with E-state index in [0.717, 1.165) is 6.42 Å². The summed E-state index contributed by atoms with van der Waals surface area (Å²) in [6, 6.07) is -0.577. The van der Waals surface area contributed by atoms with Crippen LogP contribution in [-0.4, -0.2) is 37.7 Å². The van der Waals surface area contributed by atoms with Gasteiger partial charge in [-0.25, -0.2) is 4.79 Å². The van der Waals surface area contributed by atoms with Gasteiger partial charge >= 0.3 is 5.97 Å². The predicted molar refractivity (Wildman–Crippen MR) is 73.7 cm³/mol. The van der Waals surface area contributed by atoms with E-state index in [2.05, 4.69) is 11.9 Å². The van der Waals surface area contributed by atoms with Gasteiger partial charge in [0.25, 0.3) is 0 Å². The van der Waals surface area contributed by atoms with Crippen molar-refractivity contribution in [2.24, 2.45) is 5.92 Å². The van der Waals surface area contributed by atoms with E-state index in [4.69, 9.17) is 9.47 Å². The molecule has 0 saturated heterocycles. The van der Waals surface area contributed by atoms with E-state index in [1.54, 1.807) is 13.0 Å². The van der Waals surface area contributed by atoms with E-state index in [1.807, 2.05) is 6.92 Å². The Morgan fingerprint density at radius 3 is 2.63 bits per heavy atom. The Bertz CT molecular complexity index is 291. The zero-order chi connectivity index (χ0) is 14.7. The summed E-state index contributed by atoms with van der Waals surface area (Å²) in [4.78, 5) is 22.8. The molecule has 0 aromatic carbocycles. The van der Waals surface area contributed by atoms with Crippen LogP contribution in [0.5, 0.6) is 0 Å². The fourth-order valence-electron chi connectivity index (χ4n) is 1.67. The average molecular weight is 271 g/mol. The molecule has 5 heteroatoms. The maximum atomic E-state index is 11.7. The summed E-state index contributed by atoms with van der Waals surface area (Å²) in [5.74, 6) is -0.351. The normalized spacial score (nSPS) is 13.4. The van der Waals surface area contributed by atoms with Crippen LogP contribution >= 0.6 is 0 Å². The summed E-state index contributed by atoms with van der Waals surface area (Å²) in [6.07, 6.45) is 3.07. The van der Waals surface area contributed by atoms with Crippen LogP contribution in [-0.2, 0) is 19.1 Å². The maximum Gasteiger partial charge on any atom is 0.328 e. The van der Waals surface area contributed by atoms with Crippen LogP contribution in [0.1, 0.15) is 33.6 Å². The van der Waals surface area contributed by atoms with Crippen LogP contribution in [0.3, 0.4) is 0 Å². The van der Waals surface area contributed by atoms with Gasteiger partial charge < -0.3 is 14.8 Å². The van der Waals surface area contributed by atoms with Gasteiger partial charge in [-0.1, -0.05) is 13.0 Å². The number of carbonyl (C=O) groups is 2. The fourth-order valence-corrected chi connectivity index (χ4v) is 1.67. The molecule has 1 amide bonds. The molecule has 0 radical (unpaired) electrons. The lowest BCUT2D eigenvalue weighted by Gasteiger charge is -2.20. The van der Waals surface area contributed by atoms with Crippen molar-refractivity contribution >= 4 is 11.9 Å². The van der Waals surface area contributed by atoms with E-state index in [-0.39, 0.29) is 17.8 Å². The quantitative estimate of drug-likeness (QED) is 0.373. The molecule has 110 valence electrons. The van der Waals surface area contributed by atoms with Crippen LogP contribution in [0.2, 0.25) is 0 Å². The molecule has 0 aliphatic rings. The molecule has 0 heterocycles. The van der Waals surface area contributed by atoms with Crippen LogP contribution < -0.4 is 5.32 Å². The lowest BCUT2D eigenvalue weighted by atomic mass is 9.99. The summed E-state index contributed by atoms with van der Waals surface area (Å²) in [5.41, 5.74) is 0. The SMILES string of the molecule is C=CCOCCC(C)C[C@H](NC(C)=O)C(=O)OCC. The second-order valence-corrected chi connectivity index (χ2v) is 4.50. The third-order valence-electron chi connectivity index (χ3n) is 2.58. The largest absolute Gasteiger partial charge is 0.464 e. The summed E-state index contributed by atoms with van der Waals surface area (Å²) < 4.78 is 10.3. The second kappa shape index (κ2) is 10.6. The average Bonchev–Trinajstić information content (AvgIpc) is 2.33. The van der Waals surface area contributed by atoms with Gasteiger partial charge in [-0.15, -0.1) is 6.58 Å². The Labute approximate surface area is 115 Å². The first-order valence-electron chi connectivity index (χ1n) is 6.63. The van der Waals surface area contributed by atoms with Gasteiger partial charge in [0.15, 0.2) is 0 Å². The molecule has 19 heavy (non-hydrogen) atoms. The first kappa shape index (κ1) is 17.6. The Balaban J connectivity index is 4.17. The monoisotopic (exact) mass is 271 g/mol. The molecule has 0 rings (SSSR count). The second-order valence-electron chi connectivity index (χ2n) is 4.50. The van der Waals surface area contributed by atoms with E-state index >= 15 is 0 Å². The summed E-state index contributed by atoms with van der Waals surface area (Å²) >= 11 is 0. The number of esters is 1. The van der Waals surface area contributed by atoms with Gasteiger partial charge in [0, 0.05) is 13.5 Å². The molecule has 0 fully saturated rings. The Kier molecular flexibility index (Phi) is 9.80. The molecular weight excluding hydrogens is 246 g/mol. The molecule has 1 N–H and O–H groups in total. The predicted octanol–water partition coefficient (Wildman–Crippen LogP) is 1.67. The minimum absolute atomic E-state index is 0.229. The van der Waals surface area contributed by atoms with Crippen molar-refractivity contribution < 1.29 is 19.1 Å². The molecular formula is C14H25NO4. The molecule has 0 spiro atoms.